The normalized spacial score (nSPS) is 12.9. The smallest absolute Gasteiger partial charge is 0.351 e. The van der Waals surface area contributed by atoms with Gasteiger partial charge in [0.15, 0.2) is 0 Å². The van der Waals surface area contributed by atoms with E-state index in [1.165, 1.54) is 24.3 Å². The summed E-state index contributed by atoms with van der Waals surface area (Å²) in [6.07, 6.45) is -3.70. The third-order valence-electron chi connectivity index (χ3n) is 5.32. The van der Waals surface area contributed by atoms with E-state index in [9.17, 15) is 30.8 Å². The van der Waals surface area contributed by atoms with E-state index in [2.05, 4.69) is 15.0 Å². The molecule has 1 aromatic heterocycles. The zero-order valence-electron chi connectivity index (χ0n) is 19.2. The van der Waals surface area contributed by atoms with Crippen LogP contribution in [0.5, 0.6) is 0 Å². The lowest BCUT2D eigenvalue weighted by atomic mass is 9.98. The van der Waals surface area contributed by atoms with Crippen LogP contribution in [0.4, 0.5) is 17.6 Å². The van der Waals surface area contributed by atoms with E-state index in [4.69, 9.17) is 11.6 Å². The first-order valence-electron chi connectivity index (χ1n) is 10.6. The number of aromatic nitrogens is 1. The van der Waals surface area contributed by atoms with Crippen molar-refractivity contribution in [2.45, 2.75) is 32.1 Å². The van der Waals surface area contributed by atoms with Crippen LogP contribution in [0.25, 0.3) is 11.3 Å². The summed E-state index contributed by atoms with van der Waals surface area (Å²) in [6, 6.07) is 12.3. The second-order valence-electron chi connectivity index (χ2n) is 8.10. The Morgan fingerprint density at radius 2 is 1.75 bits per heavy atom. The Morgan fingerprint density at radius 3 is 2.36 bits per heavy atom. The minimum Gasteiger partial charge on any atom is -0.351 e. The Balaban J connectivity index is 1.78. The van der Waals surface area contributed by atoms with E-state index in [-0.39, 0.29) is 24.3 Å². The molecule has 36 heavy (non-hydrogen) atoms. The van der Waals surface area contributed by atoms with Gasteiger partial charge >= 0.3 is 6.18 Å². The summed E-state index contributed by atoms with van der Waals surface area (Å²) in [5, 5.41) is 2.96. The summed E-state index contributed by atoms with van der Waals surface area (Å²) in [7, 11) is -3.51. The van der Waals surface area contributed by atoms with Gasteiger partial charge in [0.2, 0.25) is 15.9 Å². The first-order valence-corrected chi connectivity index (χ1v) is 12.9. The van der Waals surface area contributed by atoms with Gasteiger partial charge in [-0.1, -0.05) is 41.9 Å². The van der Waals surface area contributed by atoms with Crippen LogP contribution in [0.15, 0.2) is 54.6 Å². The number of nitrogens with one attached hydrogen (secondary N) is 2. The van der Waals surface area contributed by atoms with Crippen molar-refractivity contribution in [1.29, 1.82) is 0 Å². The van der Waals surface area contributed by atoms with Crippen molar-refractivity contribution in [2.75, 3.05) is 6.26 Å². The van der Waals surface area contributed by atoms with Gasteiger partial charge in [-0.15, -0.1) is 0 Å². The molecule has 1 unspecified atom stereocenters. The summed E-state index contributed by atoms with van der Waals surface area (Å²) in [6.45, 7) is 1.18. The molecule has 0 saturated heterocycles. The van der Waals surface area contributed by atoms with Crippen LogP contribution < -0.4 is 10.0 Å². The van der Waals surface area contributed by atoms with Gasteiger partial charge in [0.05, 0.1) is 17.9 Å². The average molecular weight is 544 g/mol. The molecule has 2 N–H and O–H groups in total. The lowest BCUT2D eigenvalue weighted by molar-refractivity contribution is -0.141. The number of hydrogen-bond acceptors (Lipinski definition) is 4. The predicted octanol–water partition coefficient (Wildman–Crippen LogP) is 5.03. The van der Waals surface area contributed by atoms with Gasteiger partial charge in [-0.25, -0.2) is 22.5 Å². The number of amides is 1. The number of hydrogen-bond donors (Lipinski definition) is 2. The standard InChI is InChI=1S/C24H22ClF4N3O3S/c1-14(15-6-7-17(20(26)11-15)13-31-36(2,34)35)23(33)30-12-18-8-9-21(24(27,28)29)32-22(18)16-4-3-5-19(25)10-16/h3-11,14,31H,12-13H2,1-2H3,(H,30,33). The Labute approximate surface area is 210 Å². The minimum absolute atomic E-state index is 0.0223. The number of halogens is 5. The molecule has 0 aliphatic rings. The molecule has 0 radical (unpaired) electrons. The molecule has 0 aliphatic carbocycles. The van der Waals surface area contributed by atoms with Crippen LogP contribution >= 0.6 is 11.6 Å². The van der Waals surface area contributed by atoms with E-state index in [0.717, 1.165) is 18.4 Å². The SMILES string of the molecule is CC(C(=O)NCc1ccc(C(F)(F)F)nc1-c1cccc(Cl)c1)c1ccc(CNS(C)(=O)=O)c(F)c1. The highest BCUT2D eigenvalue weighted by molar-refractivity contribution is 7.88. The van der Waals surface area contributed by atoms with Crippen LogP contribution in [-0.4, -0.2) is 25.6 Å². The molecule has 1 heterocycles. The number of nitrogens with zero attached hydrogens (tertiary/aromatic N) is 1. The highest BCUT2D eigenvalue weighted by atomic mass is 35.5. The topological polar surface area (TPSA) is 88.2 Å². The molecule has 0 aliphatic heterocycles. The largest absolute Gasteiger partial charge is 0.433 e. The van der Waals surface area contributed by atoms with Crippen molar-refractivity contribution >= 4 is 27.5 Å². The van der Waals surface area contributed by atoms with Crippen LogP contribution in [-0.2, 0) is 34.1 Å². The van der Waals surface area contributed by atoms with Crippen molar-refractivity contribution in [2.24, 2.45) is 0 Å². The van der Waals surface area contributed by atoms with Gasteiger partial charge in [0.25, 0.3) is 0 Å². The molecule has 192 valence electrons. The third-order valence-corrected chi connectivity index (χ3v) is 6.22. The fraction of sp³-hybridized carbons (Fsp3) is 0.250. The van der Waals surface area contributed by atoms with Crippen LogP contribution in [0.2, 0.25) is 5.02 Å². The van der Waals surface area contributed by atoms with Gasteiger partial charge in [-0.2, -0.15) is 13.2 Å². The van der Waals surface area contributed by atoms with Crippen molar-refractivity contribution in [3.05, 3.63) is 87.8 Å². The number of carbonyl (C=O) groups excluding carboxylic acids is 1. The molecule has 12 heteroatoms. The molecule has 3 aromatic rings. The molecular formula is C24H22ClF4N3O3S. The molecule has 0 saturated carbocycles. The molecular weight excluding hydrogens is 522 g/mol. The van der Waals surface area contributed by atoms with Crippen LogP contribution in [0.1, 0.15) is 35.2 Å². The van der Waals surface area contributed by atoms with E-state index >= 15 is 0 Å². The van der Waals surface area contributed by atoms with Crippen LogP contribution in [0.3, 0.4) is 0 Å². The molecule has 0 spiro atoms. The first kappa shape index (κ1) is 27.6. The number of carbonyl (C=O) groups is 1. The number of pyridine rings is 1. The zero-order valence-corrected chi connectivity index (χ0v) is 20.7. The summed E-state index contributed by atoms with van der Waals surface area (Å²) in [5.74, 6) is -1.97. The Kier molecular flexibility index (Phi) is 8.37. The van der Waals surface area contributed by atoms with E-state index < -0.39 is 39.5 Å². The van der Waals surface area contributed by atoms with E-state index in [1.54, 1.807) is 25.1 Å². The van der Waals surface area contributed by atoms with Gasteiger partial charge in [-0.05, 0) is 42.3 Å². The highest BCUT2D eigenvalue weighted by Crippen LogP contribution is 2.32. The number of sulfonamides is 1. The molecule has 1 atom stereocenters. The fourth-order valence-corrected chi connectivity index (χ4v) is 3.95. The molecule has 3 rings (SSSR count). The van der Waals surface area contributed by atoms with Crippen molar-refractivity contribution in [3.63, 3.8) is 0 Å². The van der Waals surface area contributed by atoms with Gasteiger partial charge in [0.1, 0.15) is 11.5 Å². The third kappa shape index (κ3) is 7.25. The summed E-state index contributed by atoms with van der Waals surface area (Å²) >= 11 is 6.00. The number of benzene rings is 2. The maximum Gasteiger partial charge on any atom is 0.433 e. The van der Waals surface area contributed by atoms with Gasteiger partial charge < -0.3 is 5.32 Å². The molecule has 0 bridgehead atoms. The Bertz CT molecular complexity index is 1380. The maximum absolute atomic E-state index is 14.4. The van der Waals surface area contributed by atoms with Gasteiger partial charge in [0, 0.05) is 29.2 Å². The lowest BCUT2D eigenvalue weighted by Crippen LogP contribution is -2.28. The summed E-state index contributed by atoms with van der Waals surface area (Å²) < 4.78 is 78.8. The van der Waals surface area contributed by atoms with Crippen molar-refractivity contribution < 1.29 is 30.8 Å². The van der Waals surface area contributed by atoms with E-state index in [1.807, 2.05) is 0 Å². The predicted molar refractivity (Wildman–Crippen MR) is 128 cm³/mol. The first-order chi connectivity index (χ1) is 16.7. The average Bonchev–Trinajstić information content (AvgIpc) is 2.80. The summed E-state index contributed by atoms with van der Waals surface area (Å²) in [5.41, 5.74) is 0.0776. The minimum atomic E-state index is -4.66. The monoisotopic (exact) mass is 543 g/mol. The second kappa shape index (κ2) is 10.9. The number of alkyl halides is 3. The lowest BCUT2D eigenvalue weighted by Gasteiger charge is -2.16. The highest BCUT2D eigenvalue weighted by Gasteiger charge is 2.33. The quantitative estimate of drug-likeness (QED) is 0.390. The Morgan fingerprint density at radius 1 is 1.06 bits per heavy atom. The second-order valence-corrected chi connectivity index (χ2v) is 10.4. The summed E-state index contributed by atoms with van der Waals surface area (Å²) in [4.78, 5) is 16.5. The molecule has 0 fully saturated rings. The van der Waals surface area contributed by atoms with E-state index in [0.29, 0.717) is 21.7 Å². The fourth-order valence-electron chi connectivity index (χ4n) is 3.35. The van der Waals surface area contributed by atoms with Gasteiger partial charge in [-0.3, -0.25) is 4.79 Å². The molecule has 1 amide bonds. The molecule has 2 aromatic carbocycles. The molecule has 6 nitrogen and oxygen atoms in total. The van der Waals surface area contributed by atoms with Crippen molar-refractivity contribution in [3.8, 4) is 11.3 Å². The van der Waals surface area contributed by atoms with Crippen LogP contribution in [0, 0.1) is 5.82 Å². The maximum atomic E-state index is 14.4. The zero-order chi connectivity index (χ0) is 26.7. The number of rotatable bonds is 8. The Hall–Kier alpha value is -3.02. The van der Waals surface area contributed by atoms with Crippen molar-refractivity contribution in [1.82, 2.24) is 15.0 Å².